The number of nitrogens with one attached hydrogen (secondary N) is 1. The number of carbonyl (C=O) groups is 1. The summed E-state index contributed by atoms with van der Waals surface area (Å²) in [7, 11) is -4.01. The minimum Gasteiger partial charge on any atom is -0.354 e. The molecule has 0 heterocycles. The number of carbonyl (C=O) groups excluding carboxylic acids is 1. The summed E-state index contributed by atoms with van der Waals surface area (Å²) in [6.07, 6.45) is 5.01. The summed E-state index contributed by atoms with van der Waals surface area (Å²) in [6, 6.07) is 12.7. The molecule has 0 atom stereocenters. The highest BCUT2D eigenvalue weighted by atomic mass is 35.5. The molecule has 5 nitrogen and oxygen atoms in total. The molecule has 0 spiro atoms. The molecule has 1 N–H and O–H groups in total. The van der Waals surface area contributed by atoms with Crippen LogP contribution in [0.3, 0.4) is 0 Å². The summed E-state index contributed by atoms with van der Waals surface area (Å²) in [5, 5.41) is 3.80. The van der Waals surface area contributed by atoms with Gasteiger partial charge in [0, 0.05) is 17.5 Å². The number of anilines is 1. The lowest BCUT2D eigenvalue weighted by Crippen LogP contribution is -2.41. The van der Waals surface area contributed by atoms with Gasteiger partial charge in [0.05, 0.1) is 20.6 Å². The molecule has 0 bridgehead atoms. The molecule has 1 fully saturated rings. The fraction of sp³-hybridized carbons (Fsp3) is 0.381. The lowest BCUT2D eigenvalue weighted by atomic mass is 10.3. The van der Waals surface area contributed by atoms with Gasteiger partial charge in [-0.05, 0) is 37.1 Å². The summed E-state index contributed by atoms with van der Waals surface area (Å²) >= 11 is 14.3. The van der Waals surface area contributed by atoms with E-state index in [0.717, 1.165) is 10.1 Å². The number of rotatable bonds is 9. The highest BCUT2D eigenvalue weighted by Gasteiger charge is 2.29. The van der Waals surface area contributed by atoms with Crippen molar-refractivity contribution in [3.8, 4) is 0 Å². The predicted octanol–water partition coefficient (Wildman–Crippen LogP) is 4.98. The van der Waals surface area contributed by atoms with Gasteiger partial charge >= 0.3 is 0 Å². The maximum atomic E-state index is 13.3. The van der Waals surface area contributed by atoms with E-state index in [1.807, 2.05) is 11.8 Å². The zero-order chi connectivity index (χ0) is 21.6. The molecule has 2 aromatic rings. The Bertz CT molecular complexity index is 965. The summed E-state index contributed by atoms with van der Waals surface area (Å²) < 4.78 is 27.6. The lowest BCUT2D eigenvalue weighted by Gasteiger charge is -2.25. The van der Waals surface area contributed by atoms with Gasteiger partial charge in [-0.25, -0.2) is 8.42 Å². The summed E-state index contributed by atoms with van der Waals surface area (Å²) in [5.41, 5.74) is 0.170. The Labute approximate surface area is 192 Å². The molecule has 1 amide bonds. The van der Waals surface area contributed by atoms with Gasteiger partial charge in [-0.2, -0.15) is 11.8 Å². The first-order valence-corrected chi connectivity index (χ1v) is 13.0. The number of halogens is 2. The van der Waals surface area contributed by atoms with Crippen molar-refractivity contribution in [3.63, 3.8) is 0 Å². The highest BCUT2D eigenvalue weighted by molar-refractivity contribution is 7.99. The van der Waals surface area contributed by atoms with Crippen molar-refractivity contribution >= 4 is 56.6 Å². The zero-order valence-corrected chi connectivity index (χ0v) is 19.5. The monoisotopic (exact) mass is 486 g/mol. The molecule has 2 aromatic carbocycles. The van der Waals surface area contributed by atoms with Crippen LogP contribution in [0.25, 0.3) is 0 Å². The number of amides is 1. The molecule has 0 saturated heterocycles. The maximum absolute atomic E-state index is 13.3. The van der Waals surface area contributed by atoms with Crippen LogP contribution in [0.4, 0.5) is 5.69 Å². The van der Waals surface area contributed by atoms with Gasteiger partial charge in [-0.3, -0.25) is 9.10 Å². The van der Waals surface area contributed by atoms with Crippen LogP contribution in [-0.2, 0) is 14.8 Å². The van der Waals surface area contributed by atoms with Crippen LogP contribution in [-0.4, -0.2) is 38.4 Å². The van der Waals surface area contributed by atoms with Crippen molar-refractivity contribution in [2.75, 3.05) is 23.1 Å². The second kappa shape index (κ2) is 10.8. The fourth-order valence-electron chi connectivity index (χ4n) is 3.36. The van der Waals surface area contributed by atoms with Crippen LogP contribution in [0.5, 0.6) is 0 Å². The largest absolute Gasteiger partial charge is 0.354 e. The molecule has 0 aromatic heterocycles. The van der Waals surface area contributed by atoms with E-state index < -0.39 is 15.9 Å². The Balaban J connectivity index is 1.74. The van der Waals surface area contributed by atoms with Gasteiger partial charge in [0.25, 0.3) is 10.0 Å². The standard InChI is InChI=1S/C21H24Cl2N2O3S2/c22-18-11-6-12-19(21(18)23)25(30(27,28)17-9-2-1-3-10-17)15-20(26)24-13-14-29-16-7-4-5-8-16/h1-3,6,9-12,16H,4-5,7-8,13-15H2,(H,24,26). The molecule has 30 heavy (non-hydrogen) atoms. The second-order valence-corrected chi connectivity index (χ2v) is 11.1. The van der Waals surface area contributed by atoms with E-state index in [4.69, 9.17) is 23.2 Å². The molecule has 1 saturated carbocycles. The first-order valence-electron chi connectivity index (χ1n) is 9.79. The molecule has 162 valence electrons. The van der Waals surface area contributed by atoms with E-state index in [1.54, 1.807) is 30.3 Å². The maximum Gasteiger partial charge on any atom is 0.264 e. The Morgan fingerprint density at radius 2 is 1.77 bits per heavy atom. The van der Waals surface area contributed by atoms with Crippen LogP contribution >= 0.6 is 35.0 Å². The Morgan fingerprint density at radius 3 is 2.47 bits per heavy atom. The van der Waals surface area contributed by atoms with E-state index in [1.165, 1.54) is 43.9 Å². The third-order valence-electron chi connectivity index (χ3n) is 4.90. The first kappa shape index (κ1) is 23.3. The van der Waals surface area contributed by atoms with Crippen LogP contribution in [0, 0.1) is 0 Å². The van der Waals surface area contributed by atoms with E-state index in [-0.39, 0.29) is 27.2 Å². The Hall–Kier alpha value is -1.41. The van der Waals surface area contributed by atoms with Crippen molar-refractivity contribution in [2.24, 2.45) is 0 Å². The van der Waals surface area contributed by atoms with Crippen LogP contribution in [0.2, 0.25) is 10.0 Å². The molecule has 0 radical (unpaired) electrons. The van der Waals surface area contributed by atoms with Crippen molar-refractivity contribution < 1.29 is 13.2 Å². The third-order valence-corrected chi connectivity index (χ3v) is 8.86. The van der Waals surface area contributed by atoms with E-state index in [9.17, 15) is 13.2 Å². The average Bonchev–Trinajstić information content (AvgIpc) is 3.26. The molecule has 1 aliphatic rings. The molecule has 3 rings (SSSR count). The molecule has 0 unspecified atom stereocenters. The van der Waals surface area contributed by atoms with Gasteiger partial charge in [-0.15, -0.1) is 0 Å². The van der Waals surface area contributed by atoms with E-state index in [0.29, 0.717) is 11.8 Å². The number of nitrogens with zero attached hydrogens (tertiary/aromatic N) is 1. The normalized spacial score (nSPS) is 14.6. The Kier molecular flexibility index (Phi) is 8.34. The average molecular weight is 487 g/mol. The molecule has 0 aliphatic heterocycles. The van der Waals surface area contributed by atoms with Crippen LogP contribution in [0.1, 0.15) is 25.7 Å². The number of sulfonamides is 1. The number of thioether (sulfide) groups is 1. The SMILES string of the molecule is O=C(CN(c1cccc(Cl)c1Cl)S(=O)(=O)c1ccccc1)NCCSC1CCCC1. The van der Waals surface area contributed by atoms with Crippen molar-refractivity contribution in [2.45, 2.75) is 35.8 Å². The summed E-state index contributed by atoms with van der Waals surface area (Å²) in [4.78, 5) is 12.7. The number of benzene rings is 2. The number of hydrogen-bond acceptors (Lipinski definition) is 4. The molecular weight excluding hydrogens is 463 g/mol. The van der Waals surface area contributed by atoms with Crippen molar-refractivity contribution in [1.82, 2.24) is 5.32 Å². The van der Waals surface area contributed by atoms with Crippen molar-refractivity contribution in [3.05, 3.63) is 58.6 Å². The summed E-state index contributed by atoms with van der Waals surface area (Å²) in [5.74, 6) is 0.414. The lowest BCUT2D eigenvalue weighted by molar-refractivity contribution is -0.119. The van der Waals surface area contributed by atoms with Crippen molar-refractivity contribution in [1.29, 1.82) is 0 Å². The number of hydrogen-bond donors (Lipinski definition) is 1. The fourth-order valence-corrected chi connectivity index (χ4v) is 6.48. The van der Waals surface area contributed by atoms with Crippen LogP contribution < -0.4 is 9.62 Å². The quantitative estimate of drug-likeness (QED) is 0.507. The second-order valence-electron chi connectivity index (χ2n) is 7.02. The zero-order valence-electron chi connectivity index (χ0n) is 16.4. The minimum atomic E-state index is -4.01. The molecule has 1 aliphatic carbocycles. The summed E-state index contributed by atoms with van der Waals surface area (Å²) in [6.45, 7) is 0.105. The molecule has 9 heteroatoms. The minimum absolute atomic E-state index is 0.0747. The smallest absolute Gasteiger partial charge is 0.264 e. The van der Waals surface area contributed by atoms with Gasteiger partial charge in [-0.1, -0.05) is 60.3 Å². The predicted molar refractivity (Wildman–Crippen MR) is 125 cm³/mol. The Morgan fingerprint density at radius 1 is 1.07 bits per heavy atom. The van der Waals surface area contributed by atoms with Gasteiger partial charge in [0.2, 0.25) is 5.91 Å². The topological polar surface area (TPSA) is 66.5 Å². The highest BCUT2D eigenvalue weighted by Crippen LogP contribution is 2.35. The third kappa shape index (κ3) is 5.84. The molecular formula is C21H24Cl2N2O3S2. The van der Waals surface area contributed by atoms with Gasteiger partial charge in [0.1, 0.15) is 6.54 Å². The van der Waals surface area contributed by atoms with Crippen LogP contribution in [0.15, 0.2) is 53.4 Å². The first-order chi connectivity index (χ1) is 14.4. The van der Waals surface area contributed by atoms with Gasteiger partial charge in [0.15, 0.2) is 0 Å². The van der Waals surface area contributed by atoms with Gasteiger partial charge < -0.3 is 5.32 Å². The van der Waals surface area contributed by atoms with E-state index >= 15 is 0 Å². The van der Waals surface area contributed by atoms with E-state index in [2.05, 4.69) is 5.32 Å².